The number of hydrogen-bond donors (Lipinski definition) is 1. The van der Waals surface area contributed by atoms with Crippen LogP contribution in [0.25, 0.3) is 0 Å². The first-order valence-electron chi connectivity index (χ1n) is 5.50. The fraction of sp³-hybridized carbons (Fsp3) is 1.00. The first kappa shape index (κ1) is 9.44. The molecule has 0 radical (unpaired) electrons. The van der Waals surface area contributed by atoms with Gasteiger partial charge < -0.3 is 9.74 Å². The standard InChI is InChI=1S/C10H20N2O/c11-13-10-5-3-9(4-6-10)12-7-1-2-8-12/h9-10H,1-8,11H2. The van der Waals surface area contributed by atoms with E-state index in [-0.39, 0.29) is 0 Å². The van der Waals surface area contributed by atoms with Crippen LogP contribution in [0.2, 0.25) is 0 Å². The van der Waals surface area contributed by atoms with Crippen molar-refractivity contribution in [3.63, 3.8) is 0 Å². The van der Waals surface area contributed by atoms with Crippen LogP contribution in [0, 0.1) is 0 Å². The van der Waals surface area contributed by atoms with Gasteiger partial charge >= 0.3 is 0 Å². The highest BCUT2D eigenvalue weighted by Crippen LogP contribution is 2.26. The fourth-order valence-electron chi connectivity index (χ4n) is 2.65. The molecule has 0 amide bonds. The van der Waals surface area contributed by atoms with E-state index in [4.69, 9.17) is 10.7 Å². The second kappa shape index (κ2) is 4.40. The highest BCUT2D eigenvalue weighted by atomic mass is 16.6. The van der Waals surface area contributed by atoms with Crippen LogP contribution in [-0.2, 0) is 4.84 Å². The van der Waals surface area contributed by atoms with Crippen molar-refractivity contribution in [3.05, 3.63) is 0 Å². The number of rotatable bonds is 2. The average molecular weight is 184 g/mol. The van der Waals surface area contributed by atoms with Gasteiger partial charge in [0.2, 0.25) is 0 Å². The van der Waals surface area contributed by atoms with Gasteiger partial charge in [-0.3, -0.25) is 0 Å². The first-order chi connectivity index (χ1) is 6.40. The molecule has 13 heavy (non-hydrogen) atoms. The lowest BCUT2D eigenvalue weighted by Gasteiger charge is -2.33. The average Bonchev–Trinajstić information content (AvgIpc) is 2.71. The molecule has 1 saturated heterocycles. The third kappa shape index (κ3) is 2.22. The van der Waals surface area contributed by atoms with Crippen LogP contribution >= 0.6 is 0 Å². The van der Waals surface area contributed by atoms with Crippen LogP contribution in [0.15, 0.2) is 0 Å². The highest BCUT2D eigenvalue weighted by Gasteiger charge is 2.27. The molecule has 0 atom stereocenters. The molecule has 2 N–H and O–H groups in total. The lowest BCUT2D eigenvalue weighted by molar-refractivity contribution is 0.00935. The molecule has 0 unspecified atom stereocenters. The van der Waals surface area contributed by atoms with E-state index in [0.717, 1.165) is 18.9 Å². The fourth-order valence-corrected chi connectivity index (χ4v) is 2.65. The molecule has 1 aliphatic carbocycles. The Balaban J connectivity index is 1.77. The van der Waals surface area contributed by atoms with E-state index in [1.54, 1.807) is 0 Å². The Kier molecular flexibility index (Phi) is 3.19. The second-order valence-corrected chi connectivity index (χ2v) is 4.31. The smallest absolute Gasteiger partial charge is 0.0788 e. The number of hydrogen-bond acceptors (Lipinski definition) is 3. The van der Waals surface area contributed by atoms with Crippen LogP contribution in [-0.4, -0.2) is 30.1 Å². The maximum atomic E-state index is 5.19. The molecule has 0 spiro atoms. The number of nitrogens with two attached hydrogens (primary N) is 1. The topological polar surface area (TPSA) is 38.5 Å². The Morgan fingerprint density at radius 1 is 1.00 bits per heavy atom. The van der Waals surface area contributed by atoms with Crippen molar-refractivity contribution in [3.8, 4) is 0 Å². The van der Waals surface area contributed by atoms with E-state index in [2.05, 4.69) is 4.90 Å². The van der Waals surface area contributed by atoms with Crippen LogP contribution in [0.1, 0.15) is 38.5 Å². The molecular formula is C10H20N2O. The minimum Gasteiger partial charge on any atom is -0.301 e. The van der Waals surface area contributed by atoms with Gasteiger partial charge in [-0.1, -0.05) is 0 Å². The zero-order valence-corrected chi connectivity index (χ0v) is 8.24. The van der Waals surface area contributed by atoms with Crippen molar-refractivity contribution in [1.82, 2.24) is 4.90 Å². The summed E-state index contributed by atoms with van der Waals surface area (Å²) >= 11 is 0. The van der Waals surface area contributed by atoms with E-state index >= 15 is 0 Å². The van der Waals surface area contributed by atoms with Crippen LogP contribution in [0.4, 0.5) is 0 Å². The van der Waals surface area contributed by atoms with Gasteiger partial charge in [0.15, 0.2) is 0 Å². The van der Waals surface area contributed by atoms with Gasteiger partial charge in [-0.25, -0.2) is 5.90 Å². The molecule has 0 aromatic heterocycles. The summed E-state index contributed by atoms with van der Waals surface area (Å²) in [5, 5.41) is 0. The summed E-state index contributed by atoms with van der Waals surface area (Å²) in [5.74, 6) is 5.19. The van der Waals surface area contributed by atoms with Crippen LogP contribution in [0.3, 0.4) is 0 Å². The van der Waals surface area contributed by atoms with E-state index in [9.17, 15) is 0 Å². The van der Waals surface area contributed by atoms with Crippen molar-refractivity contribution in [1.29, 1.82) is 0 Å². The zero-order valence-electron chi connectivity index (χ0n) is 8.24. The Morgan fingerprint density at radius 2 is 1.62 bits per heavy atom. The molecule has 0 aromatic carbocycles. The third-order valence-electron chi connectivity index (χ3n) is 3.49. The van der Waals surface area contributed by atoms with E-state index in [1.165, 1.54) is 38.8 Å². The maximum absolute atomic E-state index is 5.19. The molecule has 1 heterocycles. The van der Waals surface area contributed by atoms with Gasteiger partial charge in [-0.15, -0.1) is 0 Å². The first-order valence-corrected chi connectivity index (χ1v) is 5.50. The van der Waals surface area contributed by atoms with Crippen molar-refractivity contribution >= 4 is 0 Å². The number of nitrogens with zero attached hydrogens (tertiary/aromatic N) is 1. The minimum absolute atomic E-state index is 0.332. The van der Waals surface area contributed by atoms with E-state index in [0.29, 0.717) is 6.10 Å². The predicted octanol–water partition coefficient (Wildman–Crippen LogP) is 1.28. The lowest BCUT2D eigenvalue weighted by atomic mass is 9.92. The summed E-state index contributed by atoms with van der Waals surface area (Å²) in [7, 11) is 0. The third-order valence-corrected chi connectivity index (χ3v) is 3.49. The Morgan fingerprint density at radius 3 is 2.15 bits per heavy atom. The highest BCUT2D eigenvalue weighted by molar-refractivity contribution is 4.82. The zero-order chi connectivity index (χ0) is 9.10. The van der Waals surface area contributed by atoms with Crippen molar-refractivity contribution in [2.45, 2.75) is 50.7 Å². The van der Waals surface area contributed by atoms with Gasteiger partial charge in [-0.05, 0) is 51.6 Å². The van der Waals surface area contributed by atoms with Gasteiger partial charge in [0.1, 0.15) is 0 Å². The summed E-state index contributed by atoms with van der Waals surface area (Å²) in [5.41, 5.74) is 0. The summed E-state index contributed by atoms with van der Waals surface area (Å²) in [6.45, 7) is 2.64. The molecule has 3 heteroatoms. The van der Waals surface area contributed by atoms with Crippen molar-refractivity contribution in [2.24, 2.45) is 5.90 Å². The molecule has 0 bridgehead atoms. The minimum atomic E-state index is 0.332. The molecule has 1 saturated carbocycles. The monoisotopic (exact) mass is 184 g/mol. The molecule has 0 aromatic rings. The van der Waals surface area contributed by atoms with Gasteiger partial charge in [0.25, 0.3) is 0 Å². The second-order valence-electron chi connectivity index (χ2n) is 4.31. The SMILES string of the molecule is NOC1CCC(N2CCCC2)CC1. The summed E-state index contributed by atoms with van der Waals surface area (Å²) in [6, 6.07) is 0.828. The molecule has 2 fully saturated rings. The van der Waals surface area contributed by atoms with Crippen LogP contribution in [0.5, 0.6) is 0 Å². The van der Waals surface area contributed by atoms with Gasteiger partial charge in [0.05, 0.1) is 6.10 Å². The maximum Gasteiger partial charge on any atom is 0.0788 e. The quantitative estimate of drug-likeness (QED) is 0.657. The molecule has 3 nitrogen and oxygen atoms in total. The largest absolute Gasteiger partial charge is 0.301 e. The van der Waals surface area contributed by atoms with E-state index in [1.807, 2.05) is 0 Å². The summed E-state index contributed by atoms with van der Waals surface area (Å²) in [6.07, 6.45) is 7.98. The molecular weight excluding hydrogens is 164 g/mol. The van der Waals surface area contributed by atoms with Crippen LogP contribution < -0.4 is 5.90 Å². The Hall–Kier alpha value is -0.120. The van der Waals surface area contributed by atoms with E-state index < -0.39 is 0 Å². The molecule has 76 valence electrons. The lowest BCUT2D eigenvalue weighted by Crippen LogP contribution is -2.38. The summed E-state index contributed by atoms with van der Waals surface area (Å²) < 4.78 is 0. The summed E-state index contributed by atoms with van der Waals surface area (Å²) in [4.78, 5) is 7.53. The molecule has 2 aliphatic rings. The van der Waals surface area contributed by atoms with Gasteiger partial charge in [-0.2, -0.15) is 0 Å². The Labute approximate surface area is 80.2 Å². The molecule has 1 aliphatic heterocycles. The molecule has 2 rings (SSSR count). The Bertz CT molecular complexity index is 149. The normalized spacial score (nSPS) is 36.7. The number of likely N-dealkylation sites (tertiary alicyclic amines) is 1. The predicted molar refractivity (Wildman–Crippen MR) is 52.1 cm³/mol. The van der Waals surface area contributed by atoms with Gasteiger partial charge in [0, 0.05) is 6.04 Å². The van der Waals surface area contributed by atoms with Crippen molar-refractivity contribution in [2.75, 3.05) is 13.1 Å². The van der Waals surface area contributed by atoms with Crippen molar-refractivity contribution < 1.29 is 4.84 Å².